The lowest BCUT2D eigenvalue weighted by Crippen LogP contribution is -2.61. The summed E-state index contributed by atoms with van der Waals surface area (Å²) in [4.78, 5) is 25.3. The van der Waals surface area contributed by atoms with E-state index in [2.05, 4.69) is 13.8 Å². The van der Waals surface area contributed by atoms with E-state index in [9.17, 15) is 45.3 Å². The Morgan fingerprint density at radius 3 is 1.44 bits per heavy atom. The lowest BCUT2D eigenvalue weighted by molar-refractivity contribution is -0.332. The van der Waals surface area contributed by atoms with Gasteiger partial charge >= 0.3 is 11.9 Å². The van der Waals surface area contributed by atoms with Gasteiger partial charge < -0.3 is 64.2 Å². The van der Waals surface area contributed by atoms with Gasteiger partial charge in [0.1, 0.15) is 55.4 Å². The van der Waals surface area contributed by atoms with Crippen molar-refractivity contribution >= 4 is 11.9 Å². The van der Waals surface area contributed by atoms with Gasteiger partial charge in [-0.25, -0.2) is 0 Å². The second-order valence-corrected chi connectivity index (χ2v) is 14.8. The fraction of sp³-hybridized carbons (Fsp3) is 0.949. The molecule has 15 heteroatoms. The number of aliphatic hydroxyl groups is 7. The van der Waals surface area contributed by atoms with Crippen LogP contribution in [-0.4, -0.2) is 142 Å². The van der Waals surface area contributed by atoms with Gasteiger partial charge in [-0.1, -0.05) is 117 Å². The average Bonchev–Trinajstić information content (AvgIpc) is 3.16. The zero-order valence-corrected chi connectivity index (χ0v) is 32.7. The molecule has 2 heterocycles. The number of aliphatic hydroxyl groups excluding tert-OH is 7. The minimum atomic E-state index is -1.76. The highest BCUT2D eigenvalue weighted by molar-refractivity contribution is 5.70. The zero-order chi connectivity index (χ0) is 39.7. The van der Waals surface area contributed by atoms with Crippen LogP contribution in [0.1, 0.15) is 142 Å². The molecule has 15 nitrogen and oxygen atoms in total. The van der Waals surface area contributed by atoms with Gasteiger partial charge in [-0.2, -0.15) is 0 Å². The minimum Gasteiger partial charge on any atom is -0.462 e. The average molecular weight is 781 g/mol. The molecule has 4 unspecified atom stereocenters. The highest BCUT2D eigenvalue weighted by Gasteiger charge is 2.47. The molecule has 0 aliphatic carbocycles. The largest absolute Gasteiger partial charge is 0.462 e. The van der Waals surface area contributed by atoms with Gasteiger partial charge in [-0.15, -0.1) is 0 Å². The first-order valence-corrected chi connectivity index (χ1v) is 20.6. The minimum absolute atomic E-state index is 0.171. The smallest absolute Gasteiger partial charge is 0.306 e. The predicted molar refractivity (Wildman–Crippen MR) is 197 cm³/mol. The summed E-state index contributed by atoms with van der Waals surface area (Å²) < 4.78 is 33.3. The number of rotatable bonds is 30. The van der Waals surface area contributed by atoms with E-state index >= 15 is 0 Å². The van der Waals surface area contributed by atoms with Crippen LogP contribution in [0.4, 0.5) is 0 Å². The molecule has 11 atom stereocenters. The monoisotopic (exact) mass is 780 g/mol. The highest BCUT2D eigenvalue weighted by Crippen LogP contribution is 2.26. The number of esters is 2. The molecule has 0 spiro atoms. The van der Waals surface area contributed by atoms with E-state index in [1.165, 1.54) is 57.8 Å². The summed E-state index contributed by atoms with van der Waals surface area (Å²) in [5, 5.41) is 71.5. The Bertz CT molecular complexity index is 970. The molecule has 0 radical (unpaired) electrons. The van der Waals surface area contributed by atoms with E-state index in [-0.39, 0.29) is 26.1 Å². The summed E-state index contributed by atoms with van der Waals surface area (Å²) in [5.41, 5.74) is 0. The molecule has 0 aromatic rings. The maximum absolute atomic E-state index is 12.8. The van der Waals surface area contributed by atoms with Crippen LogP contribution >= 0.6 is 0 Å². The van der Waals surface area contributed by atoms with Gasteiger partial charge in [0, 0.05) is 12.8 Å². The second kappa shape index (κ2) is 28.8. The molecule has 0 amide bonds. The van der Waals surface area contributed by atoms with Crippen molar-refractivity contribution in [2.75, 3.05) is 26.4 Å². The van der Waals surface area contributed by atoms with E-state index in [1.807, 2.05) is 0 Å². The number of unbranched alkanes of at least 4 members (excludes halogenated alkanes) is 16. The van der Waals surface area contributed by atoms with Gasteiger partial charge in [0.15, 0.2) is 18.7 Å². The number of carbonyl (C=O) groups excluding carboxylic acids is 2. The van der Waals surface area contributed by atoms with Crippen LogP contribution in [0, 0.1) is 0 Å². The van der Waals surface area contributed by atoms with E-state index in [1.54, 1.807) is 0 Å². The molecule has 318 valence electrons. The Morgan fingerprint density at radius 1 is 0.519 bits per heavy atom. The van der Waals surface area contributed by atoms with Crippen LogP contribution in [0.25, 0.3) is 0 Å². The number of hydrogen-bond donors (Lipinski definition) is 7. The van der Waals surface area contributed by atoms with Crippen molar-refractivity contribution in [3.05, 3.63) is 0 Å². The highest BCUT2D eigenvalue weighted by atomic mass is 16.7. The van der Waals surface area contributed by atoms with E-state index in [4.69, 9.17) is 28.4 Å². The normalized spacial score (nSPS) is 29.2. The summed E-state index contributed by atoms with van der Waals surface area (Å²) in [7, 11) is 0. The van der Waals surface area contributed by atoms with Gasteiger partial charge in [0.05, 0.1) is 19.8 Å². The standard InChI is InChI=1S/C39H72O15/c1-3-5-7-9-11-12-13-14-16-18-20-22-31(42)52-27(24-49-30(41)21-19-17-15-10-8-6-4-2)25-50-38-37(48)35(46)33(44)29(54-38)26-51-39-36(47)34(45)32(43)28(23-40)53-39/h27-29,32-40,43-48H,3-26H2,1-2H3/t27-,28-,29-,32+,33+,34?,35?,36?,37?,38-,39-/m1/s1. The first kappa shape index (κ1) is 48.6. The Morgan fingerprint density at radius 2 is 0.944 bits per heavy atom. The lowest BCUT2D eigenvalue weighted by Gasteiger charge is -2.42. The van der Waals surface area contributed by atoms with Gasteiger partial charge in [0.2, 0.25) is 0 Å². The maximum atomic E-state index is 12.8. The summed E-state index contributed by atoms with van der Waals surface area (Å²) >= 11 is 0. The van der Waals surface area contributed by atoms with Gasteiger partial charge in [-0.05, 0) is 12.8 Å². The molecule has 2 rings (SSSR count). The van der Waals surface area contributed by atoms with E-state index < -0.39 is 92.7 Å². The Hall–Kier alpha value is -1.50. The molecule has 0 aromatic carbocycles. The molecule has 54 heavy (non-hydrogen) atoms. The molecule has 0 bridgehead atoms. The van der Waals surface area contributed by atoms with Crippen LogP contribution in [0.2, 0.25) is 0 Å². The number of carbonyl (C=O) groups is 2. The van der Waals surface area contributed by atoms with E-state index in [0.29, 0.717) is 12.8 Å². The predicted octanol–water partition coefficient (Wildman–Crippen LogP) is 2.92. The van der Waals surface area contributed by atoms with Crippen LogP contribution in [0.3, 0.4) is 0 Å². The maximum Gasteiger partial charge on any atom is 0.306 e. The van der Waals surface area contributed by atoms with Crippen molar-refractivity contribution in [3.8, 4) is 0 Å². The second-order valence-electron chi connectivity index (χ2n) is 14.8. The summed E-state index contributed by atoms with van der Waals surface area (Å²) in [6, 6.07) is 0. The van der Waals surface area contributed by atoms with Crippen molar-refractivity contribution < 1.29 is 73.8 Å². The van der Waals surface area contributed by atoms with Crippen molar-refractivity contribution in [2.24, 2.45) is 0 Å². The quantitative estimate of drug-likeness (QED) is 0.0411. The Balaban J connectivity index is 1.89. The molecule has 2 saturated heterocycles. The van der Waals surface area contributed by atoms with Crippen molar-refractivity contribution in [3.63, 3.8) is 0 Å². The first-order valence-electron chi connectivity index (χ1n) is 20.6. The summed E-state index contributed by atoms with van der Waals surface area (Å²) in [5.74, 6) is -0.929. The molecular formula is C39H72O15. The Labute approximate surface area is 321 Å². The Kier molecular flexibility index (Phi) is 26.0. The SMILES string of the molecule is CCCCCCCCCCCCCC(=O)O[C@H](COC(=O)CCCCCCCCC)CO[C@@H]1O[C@H](CO[C@@H]2O[C@H](CO)[C@H](O)C(O)C2O)[C@H](O)C(O)C1O. The third kappa shape index (κ3) is 18.6. The molecular weight excluding hydrogens is 708 g/mol. The molecule has 2 fully saturated rings. The summed E-state index contributed by atoms with van der Waals surface area (Å²) in [6.07, 6.45) is 3.31. The van der Waals surface area contributed by atoms with Crippen LogP contribution in [0.5, 0.6) is 0 Å². The number of ether oxygens (including phenoxy) is 6. The zero-order valence-electron chi connectivity index (χ0n) is 32.7. The first-order chi connectivity index (χ1) is 26.0. The number of hydrogen-bond acceptors (Lipinski definition) is 15. The van der Waals surface area contributed by atoms with E-state index in [0.717, 1.165) is 44.9 Å². The molecule has 0 saturated carbocycles. The third-order valence-electron chi connectivity index (χ3n) is 10.1. The van der Waals surface area contributed by atoms with Gasteiger partial charge in [-0.3, -0.25) is 9.59 Å². The van der Waals surface area contributed by atoms with Crippen molar-refractivity contribution in [2.45, 2.75) is 210 Å². The van der Waals surface area contributed by atoms with Crippen LogP contribution in [-0.2, 0) is 38.0 Å². The molecule has 7 N–H and O–H groups in total. The van der Waals surface area contributed by atoms with Crippen molar-refractivity contribution in [1.82, 2.24) is 0 Å². The van der Waals surface area contributed by atoms with Crippen LogP contribution in [0.15, 0.2) is 0 Å². The lowest BCUT2D eigenvalue weighted by atomic mass is 9.98. The topological polar surface area (TPSA) is 231 Å². The van der Waals surface area contributed by atoms with Crippen molar-refractivity contribution in [1.29, 1.82) is 0 Å². The molecule has 0 aromatic heterocycles. The molecule has 2 aliphatic heterocycles. The van der Waals surface area contributed by atoms with Crippen LogP contribution < -0.4 is 0 Å². The molecule has 2 aliphatic rings. The third-order valence-corrected chi connectivity index (χ3v) is 10.1. The van der Waals surface area contributed by atoms with Gasteiger partial charge in [0.25, 0.3) is 0 Å². The fourth-order valence-corrected chi connectivity index (χ4v) is 6.57. The summed E-state index contributed by atoms with van der Waals surface area (Å²) in [6.45, 7) is 2.50. The fourth-order valence-electron chi connectivity index (χ4n) is 6.57.